The van der Waals surface area contributed by atoms with E-state index in [0.29, 0.717) is 6.42 Å². The van der Waals surface area contributed by atoms with Gasteiger partial charge in [0, 0.05) is 25.9 Å². The summed E-state index contributed by atoms with van der Waals surface area (Å²) in [6.45, 7) is 1.53. The van der Waals surface area contributed by atoms with Crippen molar-refractivity contribution in [1.29, 1.82) is 0 Å². The van der Waals surface area contributed by atoms with E-state index in [1.807, 2.05) is 24.3 Å². The standard InChI is InChI=1S/C26H29FN4O6/c1-2-3-16-4-6-17(7-5-16)8-11-22(32)28-15-21(24(34)30-37)29-23(33)12-13-31-25(35)19-10-9-18(27)14-20(19)26(31)36/h4-7,9-10,14,21,37H,2-3,8,11-13,15H2,1H3,(H,28,32)(H,29,33)(H,30,34)/t21-/m0/s1. The van der Waals surface area contributed by atoms with E-state index in [2.05, 4.69) is 17.6 Å². The van der Waals surface area contributed by atoms with E-state index in [1.54, 1.807) is 0 Å². The van der Waals surface area contributed by atoms with Gasteiger partial charge >= 0.3 is 0 Å². The number of imide groups is 1. The van der Waals surface area contributed by atoms with Crippen molar-refractivity contribution in [3.05, 3.63) is 70.5 Å². The van der Waals surface area contributed by atoms with Crippen molar-refractivity contribution >= 4 is 29.5 Å². The summed E-state index contributed by atoms with van der Waals surface area (Å²) in [4.78, 5) is 62.3. The number of fused-ring (bicyclic) bond motifs is 1. The molecule has 0 spiro atoms. The molecule has 1 atom stereocenters. The smallest absolute Gasteiger partial charge is 0.267 e. The summed E-state index contributed by atoms with van der Waals surface area (Å²) in [7, 11) is 0. The Labute approximate surface area is 213 Å². The minimum absolute atomic E-state index is 0.0453. The van der Waals surface area contributed by atoms with Crippen LogP contribution in [0.15, 0.2) is 42.5 Å². The van der Waals surface area contributed by atoms with Gasteiger partial charge in [0.25, 0.3) is 17.7 Å². The number of benzene rings is 2. The Morgan fingerprint density at radius 1 is 0.919 bits per heavy atom. The SMILES string of the molecule is CCCc1ccc(CCC(=O)NC[C@H](NC(=O)CCN2C(=O)c3ccc(F)cc3C2=O)C(=O)NO)cc1. The Morgan fingerprint density at radius 2 is 1.57 bits per heavy atom. The molecular formula is C26H29FN4O6. The molecule has 0 aromatic heterocycles. The van der Waals surface area contributed by atoms with Crippen molar-refractivity contribution in [3.8, 4) is 0 Å². The molecule has 2 aromatic rings. The van der Waals surface area contributed by atoms with Crippen LogP contribution in [0.3, 0.4) is 0 Å². The number of carbonyl (C=O) groups is 5. The lowest BCUT2D eigenvalue weighted by atomic mass is 10.0. The Balaban J connectivity index is 1.47. The fraction of sp³-hybridized carbons (Fsp3) is 0.346. The monoisotopic (exact) mass is 512 g/mol. The van der Waals surface area contributed by atoms with Crippen LogP contribution in [0, 0.1) is 5.82 Å². The Bertz CT molecular complexity index is 1180. The number of nitrogens with one attached hydrogen (secondary N) is 3. The van der Waals surface area contributed by atoms with Crippen molar-refractivity contribution in [3.63, 3.8) is 0 Å². The molecule has 2 aromatic carbocycles. The van der Waals surface area contributed by atoms with E-state index in [9.17, 15) is 28.4 Å². The summed E-state index contributed by atoms with van der Waals surface area (Å²) < 4.78 is 13.4. The van der Waals surface area contributed by atoms with Crippen LogP contribution in [0.1, 0.15) is 58.0 Å². The molecule has 4 N–H and O–H groups in total. The third kappa shape index (κ3) is 7.20. The third-order valence-electron chi connectivity index (χ3n) is 5.96. The second-order valence-corrected chi connectivity index (χ2v) is 8.67. The molecule has 0 aliphatic carbocycles. The van der Waals surface area contributed by atoms with Gasteiger partial charge in [0.1, 0.15) is 11.9 Å². The van der Waals surface area contributed by atoms with Crippen LogP contribution in [-0.2, 0) is 27.2 Å². The van der Waals surface area contributed by atoms with Gasteiger partial charge in [0.15, 0.2) is 0 Å². The highest BCUT2D eigenvalue weighted by Crippen LogP contribution is 2.23. The molecule has 0 fully saturated rings. The second kappa shape index (κ2) is 12.7. The molecule has 10 nitrogen and oxygen atoms in total. The van der Waals surface area contributed by atoms with Crippen LogP contribution in [0.2, 0.25) is 0 Å². The zero-order chi connectivity index (χ0) is 26.9. The van der Waals surface area contributed by atoms with E-state index in [1.165, 1.54) is 17.1 Å². The maximum Gasteiger partial charge on any atom is 0.267 e. The first-order chi connectivity index (χ1) is 17.7. The lowest BCUT2D eigenvalue weighted by Crippen LogP contribution is -2.52. The van der Waals surface area contributed by atoms with Crippen LogP contribution in [0.5, 0.6) is 0 Å². The Kier molecular flexibility index (Phi) is 9.45. The molecule has 37 heavy (non-hydrogen) atoms. The normalized spacial score (nSPS) is 13.2. The molecule has 5 amide bonds. The number of hydrogen-bond acceptors (Lipinski definition) is 6. The number of rotatable bonds is 12. The summed E-state index contributed by atoms with van der Waals surface area (Å²) in [5.74, 6) is -4.02. The molecule has 1 heterocycles. The lowest BCUT2D eigenvalue weighted by Gasteiger charge is -2.19. The summed E-state index contributed by atoms with van der Waals surface area (Å²) in [5.41, 5.74) is 3.61. The third-order valence-corrected chi connectivity index (χ3v) is 5.96. The highest BCUT2D eigenvalue weighted by atomic mass is 19.1. The number of carbonyl (C=O) groups excluding carboxylic acids is 5. The molecule has 0 unspecified atom stereocenters. The average Bonchev–Trinajstić information content (AvgIpc) is 3.12. The van der Waals surface area contributed by atoms with E-state index in [-0.39, 0.29) is 43.0 Å². The molecule has 196 valence electrons. The van der Waals surface area contributed by atoms with E-state index < -0.39 is 35.5 Å². The number of amides is 5. The number of hydroxylamine groups is 1. The summed E-state index contributed by atoms with van der Waals surface area (Å²) in [6.07, 6.45) is 2.34. The summed E-state index contributed by atoms with van der Waals surface area (Å²) >= 11 is 0. The average molecular weight is 513 g/mol. The zero-order valence-corrected chi connectivity index (χ0v) is 20.4. The predicted octanol–water partition coefficient (Wildman–Crippen LogP) is 1.50. The highest BCUT2D eigenvalue weighted by molar-refractivity contribution is 6.21. The van der Waals surface area contributed by atoms with Gasteiger partial charge in [0.2, 0.25) is 11.8 Å². The molecule has 0 bridgehead atoms. The molecule has 11 heteroatoms. The van der Waals surface area contributed by atoms with Crippen LogP contribution in [-0.4, -0.2) is 58.8 Å². The first-order valence-corrected chi connectivity index (χ1v) is 12.0. The molecule has 0 radical (unpaired) electrons. The van der Waals surface area contributed by atoms with Gasteiger partial charge in [-0.2, -0.15) is 0 Å². The van der Waals surface area contributed by atoms with Gasteiger partial charge in [0.05, 0.1) is 11.1 Å². The maximum absolute atomic E-state index is 13.4. The first kappa shape index (κ1) is 27.5. The lowest BCUT2D eigenvalue weighted by molar-refractivity contribution is -0.135. The van der Waals surface area contributed by atoms with Crippen molar-refractivity contribution in [2.75, 3.05) is 13.1 Å². The van der Waals surface area contributed by atoms with Gasteiger partial charge in [-0.05, 0) is 42.2 Å². The van der Waals surface area contributed by atoms with Gasteiger partial charge < -0.3 is 10.6 Å². The Hall–Kier alpha value is -4.12. The molecular weight excluding hydrogens is 483 g/mol. The van der Waals surface area contributed by atoms with Crippen molar-refractivity contribution in [1.82, 2.24) is 21.0 Å². The van der Waals surface area contributed by atoms with Crippen LogP contribution >= 0.6 is 0 Å². The van der Waals surface area contributed by atoms with E-state index in [0.717, 1.165) is 35.4 Å². The van der Waals surface area contributed by atoms with Gasteiger partial charge in [-0.25, -0.2) is 9.87 Å². The van der Waals surface area contributed by atoms with Crippen LogP contribution in [0.4, 0.5) is 4.39 Å². The second-order valence-electron chi connectivity index (χ2n) is 8.67. The molecule has 0 saturated carbocycles. The van der Waals surface area contributed by atoms with Crippen molar-refractivity contribution in [2.24, 2.45) is 0 Å². The van der Waals surface area contributed by atoms with Crippen molar-refractivity contribution < 1.29 is 33.6 Å². The number of halogens is 1. The van der Waals surface area contributed by atoms with Gasteiger partial charge in [-0.15, -0.1) is 0 Å². The Morgan fingerprint density at radius 3 is 2.22 bits per heavy atom. The molecule has 1 aliphatic rings. The minimum Gasteiger partial charge on any atom is -0.353 e. The zero-order valence-electron chi connectivity index (χ0n) is 20.4. The predicted molar refractivity (Wildman–Crippen MR) is 130 cm³/mol. The fourth-order valence-electron chi connectivity index (χ4n) is 3.96. The van der Waals surface area contributed by atoms with Crippen molar-refractivity contribution in [2.45, 2.75) is 45.1 Å². The minimum atomic E-state index is -1.29. The quantitative estimate of drug-likeness (QED) is 0.193. The molecule has 0 saturated heterocycles. The number of hydrogen-bond donors (Lipinski definition) is 4. The summed E-state index contributed by atoms with van der Waals surface area (Å²) in [5, 5.41) is 13.9. The molecule has 3 rings (SSSR count). The topological polar surface area (TPSA) is 145 Å². The molecule has 1 aliphatic heterocycles. The van der Waals surface area contributed by atoms with E-state index >= 15 is 0 Å². The first-order valence-electron chi connectivity index (χ1n) is 12.0. The van der Waals surface area contributed by atoms with Gasteiger partial charge in [-0.3, -0.25) is 34.1 Å². The number of nitrogens with zero attached hydrogens (tertiary/aromatic N) is 1. The van der Waals surface area contributed by atoms with Gasteiger partial charge in [-0.1, -0.05) is 37.6 Å². The van der Waals surface area contributed by atoms with Crippen LogP contribution < -0.4 is 16.1 Å². The summed E-state index contributed by atoms with van der Waals surface area (Å²) in [6, 6.07) is 9.92. The van der Waals surface area contributed by atoms with Crippen LogP contribution in [0.25, 0.3) is 0 Å². The largest absolute Gasteiger partial charge is 0.353 e. The fourth-order valence-corrected chi connectivity index (χ4v) is 3.96. The maximum atomic E-state index is 13.4. The number of aryl methyl sites for hydroxylation is 2. The van der Waals surface area contributed by atoms with E-state index in [4.69, 9.17) is 5.21 Å². The highest BCUT2D eigenvalue weighted by Gasteiger charge is 2.36.